The van der Waals surface area contributed by atoms with E-state index in [1.165, 1.54) is 11.1 Å². The quantitative estimate of drug-likeness (QED) is 0.853. The van der Waals surface area contributed by atoms with E-state index < -0.39 is 0 Å². The number of rotatable bonds is 4. The second-order valence-corrected chi connectivity index (χ2v) is 4.24. The minimum absolute atomic E-state index is 0.377. The van der Waals surface area contributed by atoms with E-state index in [0.717, 1.165) is 6.42 Å². The number of aromatic nitrogens is 1. The topological polar surface area (TPSA) is 24.9 Å². The van der Waals surface area contributed by atoms with Crippen molar-refractivity contribution in [2.24, 2.45) is 0 Å². The molecule has 2 aromatic rings. The highest BCUT2D eigenvalue weighted by Crippen LogP contribution is 2.18. The maximum absolute atomic E-state index is 4.03. The van der Waals surface area contributed by atoms with Crippen LogP contribution in [0, 0.1) is 0 Å². The van der Waals surface area contributed by atoms with Crippen LogP contribution in [0.3, 0.4) is 0 Å². The Morgan fingerprint density at radius 1 is 1.33 bits per heavy atom. The molecule has 2 nitrogen and oxygen atoms in total. The van der Waals surface area contributed by atoms with Crippen LogP contribution in [0.25, 0.3) is 0 Å². The number of nitrogens with one attached hydrogen (secondary N) is 1. The third-order valence-corrected chi connectivity index (χ3v) is 3.21. The van der Waals surface area contributed by atoms with E-state index in [2.05, 4.69) is 39.3 Å². The third-order valence-electron chi connectivity index (χ3n) is 2.48. The van der Waals surface area contributed by atoms with Crippen LogP contribution in [0.15, 0.2) is 41.4 Å². The van der Waals surface area contributed by atoms with Crippen LogP contribution in [0.1, 0.15) is 17.2 Å². The minimum Gasteiger partial charge on any atom is -0.313 e. The first-order valence-corrected chi connectivity index (χ1v) is 5.92. The lowest BCUT2D eigenvalue weighted by Gasteiger charge is -2.15. The monoisotopic (exact) mass is 218 g/mol. The maximum Gasteiger partial charge on any atom is 0.0359 e. The summed E-state index contributed by atoms with van der Waals surface area (Å²) < 4.78 is 0. The Balaban J connectivity index is 2.12. The van der Waals surface area contributed by atoms with Gasteiger partial charge in [-0.25, -0.2) is 0 Å². The van der Waals surface area contributed by atoms with Gasteiger partial charge in [-0.15, -0.1) is 0 Å². The Morgan fingerprint density at radius 2 is 2.13 bits per heavy atom. The molecule has 1 unspecified atom stereocenters. The molecule has 1 N–H and O–H groups in total. The van der Waals surface area contributed by atoms with Crippen LogP contribution in [0.4, 0.5) is 0 Å². The van der Waals surface area contributed by atoms with Crippen molar-refractivity contribution in [3.63, 3.8) is 0 Å². The third kappa shape index (κ3) is 2.64. The fraction of sp³-hybridized carbons (Fsp3) is 0.250. The van der Waals surface area contributed by atoms with Crippen molar-refractivity contribution < 1.29 is 0 Å². The first kappa shape index (κ1) is 10.3. The van der Waals surface area contributed by atoms with E-state index in [-0.39, 0.29) is 0 Å². The smallest absolute Gasteiger partial charge is 0.0359 e. The molecule has 0 aliphatic carbocycles. The first-order valence-electron chi connectivity index (χ1n) is 4.98. The summed E-state index contributed by atoms with van der Waals surface area (Å²) in [6.07, 6.45) is 4.71. The molecule has 2 aromatic heterocycles. The van der Waals surface area contributed by atoms with Crippen molar-refractivity contribution >= 4 is 11.3 Å². The van der Waals surface area contributed by atoms with Crippen LogP contribution >= 0.6 is 11.3 Å². The standard InChI is InChI=1S/C12H14N2S/c1-13-12(8-10-4-7-15-9-10)11-2-5-14-6-3-11/h2-7,9,12-13H,8H2,1H3. The average Bonchev–Trinajstić information content (AvgIpc) is 2.80. The van der Waals surface area contributed by atoms with Gasteiger partial charge in [0.05, 0.1) is 0 Å². The van der Waals surface area contributed by atoms with E-state index in [9.17, 15) is 0 Å². The zero-order valence-electron chi connectivity index (χ0n) is 8.68. The van der Waals surface area contributed by atoms with Gasteiger partial charge in [-0.05, 0) is 53.6 Å². The van der Waals surface area contributed by atoms with Gasteiger partial charge in [-0.3, -0.25) is 4.98 Å². The predicted octanol–water partition coefficient (Wildman–Crippen LogP) is 2.65. The Kier molecular flexibility index (Phi) is 3.48. The summed E-state index contributed by atoms with van der Waals surface area (Å²) in [6.45, 7) is 0. The Bertz CT molecular complexity index is 383. The molecule has 0 amide bonds. The van der Waals surface area contributed by atoms with E-state index in [1.807, 2.05) is 19.4 Å². The van der Waals surface area contributed by atoms with Crippen LogP contribution in [-0.4, -0.2) is 12.0 Å². The highest BCUT2D eigenvalue weighted by Gasteiger charge is 2.09. The zero-order valence-corrected chi connectivity index (χ0v) is 9.50. The van der Waals surface area contributed by atoms with E-state index in [0.29, 0.717) is 6.04 Å². The molecule has 1 atom stereocenters. The molecule has 0 aliphatic heterocycles. The average molecular weight is 218 g/mol. The molecule has 78 valence electrons. The van der Waals surface area contributed by atoms with Crippen LogP contribution < -0.4 is 5.32 Å². The van der Waals surface area contributed by atoms with Gasteiger partial charge in [0.2, 0.25) is 0 Å². The highest BCUT2D eigenvalue weighted by molar-refractivity contribution is 7.07. The van der Waals surface area contributed by atoms with E-state index in [1.54, 1.807) is 11.3 Å². The molecule has 2 rings (SSSR count). The molecule has 15 heavy (non-hydrogen) atoms. The van der Waals surface area contributed by atoms with Crippen molar-refractivity contribution in [1.82, 2.24) is 10.3 Å². The second kappa shape index (κ2) is 5.05. The number of thiophene rings is 1. The van der Waals surface area contributed by atoms with Crippen molar-refractivity contribution in [2.75, 3.05) is 7.05 Å². The number of pyridine rings is 1. The van der Waals surface area contributed by atoms with Crippen molar-refractivity contribution in [3.05, 3.63) is 52.5 Å². The Labute approximate surface area is 94.0 Å². The van der Waals surface area contributed by atoms with Crippen molar-refractivity contribution in [3.8, 4) is 0 Å². The SMILES string of the molecule is CNC(Cc1ccsc1)c1ccncc1. The van der Waals surface area contributed by atoms with Gasteiger partial charge in [0, 0.05) is 18.4 Å². The number of nitrogens with zero attached hydrogens (tertiary/aromatic N) is 1. The van der Waals surface area contributed by atoms with Gasteiger partial charge < -0.3 is 5.32 Å². The van der Waals surface area contributed by atoms with E-state index in [4.69, 9.17) is 0 Å². The molecule has 0 bridgehead atoms. The molecule has 0 aromatic carbocycles. The van der Waals surface area contributed by atoms with Gasteiger partial charge in [-0.1, -0.05) is 0 Å². The molecule has 0 aliphatic rings. The Hall–Kier alpha value is -1.19. The molecule has 0 radical (unpaired) electrons. The summed E-state index contributed by atoms with van der Waals surface area (Å²) in [5, 5.41) is 7.65. The fourth-order valence-corrected chi connectivity index (χ4v) is 2.31. The van der Waals surface area contributed by atoms with Gasteiger partial charge in [0.1, 0.15) is 0 Å². The fourth-order valence-electron chi connectivity index (χ4n) is 1.63. The van der Waals surface area contributed by atoms with Crippen LogP contribution in [0.5, 0.6) is 0 Å². The van der Waals surface area contributed by atoms with Gasteiger partial charge in [0.15, 0.2) is 0 Å². The van der Waals surface area contributed by atoms with E-state index >= 15 is 0 Å². The number of likely N-dealkylation sites (N-methyl/N-ethyl adjacent to an activating group) is 1. The largest absolute Gasteiger partial charge is 0.313 e. The second-order valence-electron chi connectivity index (χ2n) is 3.46. The molecule has 3 heteroatoms. The van der Waals surface area contributed by atoms with Crippen molar-refractivity contribution in [1.29, 1.82) is 0 Å². The Morgan fingerprint density at radius 3 is 2.73 bits per heavy atom. The zero-order chi connectivity index (χ0) is 10.5. The lowest BCUT2D eigenvalue weighted by molar-refractivity contribution is 0.592. The number of hydrogen-bond acceptors (Lipinski definition) is 3. The number of hydrogen-bond donors (Lipinski definition) is 1. The maximum atomic E-state index is 4.03. The molecular weight excluding hydrogens is 204 g/mol. The molecule has 0 saturated heterocycles. The summed E-state index contributed by atoms with van der Waals surface area (Å²) in [7, 11) is 2.00. The molecule has 0 fully saturated rings. The predicted molar refractivity (Wildman–Crippen MR) is 64.1 cm³/mol. The summed E-state index contributed by atoms with van der Waals surface area (Å²) in [4.78, 5) is 4.03. The lowest BCUT2D eigenvalue weighted by atomic mass is 10.0. The first-order chi connectivity index (χ1) is 7.40. The summed E-state index contributed by atoms with van der Waals surface area (Å²) in [5.74, 6) is 0. The molecule has 2 heterocycles. The van der Waals surface area contributed by atoms with Crippen LogP contribution in [0.2, 0.25) is 0 Å². The summed E-state index contributed by atoms with van der Waals surface area (Å²) >= 11 is 1.75. The summed E-state index contributed by atoms with van der Waals surface area (Å²) in [5.41, 5.74) is 2.68. The lowest BCUT2D eigenvalue weighted by Crippen LogP contribution is -2.18. The molecule has 0 saturated carbocycles. The van der Waals surface area contributed by atoms with Gasteiger partial charge in [-0.2, -0.15) is 11.3 Å². The summed E-state index contributed by atoms with van der Waals surface area (Å²) in [6, 6.07) is 6.68. The van der Waals surface area contributed by atoms with Crippen LogP contribution in [-0.2, 0) is 6.42 Å². The molecule has 0 spiro atoms. The highest BCUT2D eigenvalue weighted by atomic mass is 32.1. The normalized spacial score (nSPS) is 12.6. The minimum atomic E-state index is 0.377. The van der Waals surface area contributed by atoms with Gasteiger partial charge in [0.25, 0.3) is 0 Å². The van der Waals surface area contributed by atoms with Crippen molar-refractivity contribution in [2.45, 2.75) is 12.5 Å². The van der Waals surface area contributed by atoms with Gasteiger partial charge >= 0.3 is 0 Å². The molecular formula is C12H14N2S.